The fourth-order valence-corrected chi connectivity index (χ4v) is 3.10. The number of pyridine rings is 1. The highest BCUT2D eigenvalue weighted by atomic mass is 19.1. The molecule has 0 atom stereocenters. The molecule has 1 N–H and O–H groups in total. The lowest BCUT2D eigenvalue weighted by Crippen LogP contribution is -2.32. The molecule has 0 spiro atoms. The van der Waals surface area contributed by atoms with Gasteiger partial charge in [0.1, 0.15) is 17.9 Å². The second-order valence-electron chi connectivity index (χ2n) is 7.00. The van der Waals surface area contributed by atoms with Crippen LogP contribution in [0.1, 0.15) is 11.1 Å². The van der Waals surface area contributed by atoms with Crippen molar-refractivity contribution in [1.29, 1.82) is 0 Å². The van der Waals surface area contributed by atoms with E-state index in [2.05, 4.69) is 15.5 Å². The van der Waals surface area contributed by atoms with Gasteiger partial charge in [-0.15, -0.1) is 0 Å². The molecule has 0 saturated carbocycles. The molecule has 0 aliphatic carbocycles. The summed E-state index contributed by atoms with van der Waals surface area (Å²) in [7, 11) is 0. The summed E-state index contributed by atoms with van der Waals surface area (Å²) in [5, 5.41) is 6.70. The number of nitrogens with zero attached hydrogens (tertiary/aromatic N) is 3. The number of carbonyl (C=O) groups is 1. The van der Waals surface area contributed by atoms with Gasteiger partial charge in [-0.3, -0.25) is 9.59 Å². The average Bonchev–Trinajstić information content (AvgIpc) is 3.25. The van der Waals surface area contributed by atoms with Crippen LogP contribution in [-0.2, 0) is 17.9 Å². The minimum atomic E-state index is -0.417. The summed E-state index contributed by atoms with van der Waals surface area (Å²) in [6, 6.07) is 16.6. The van der Waals surface area contributed by atoms with Crippen molar-refractivity contribution < 1.29 is 13.7 Å². The number of halogens is 1. The van der Waals surface area contributed by atoms with Crippen molar-refractivity contribution in [2.24, 2.45) is 0 Å². The summed E-state index contributed by atoms with van der Waals surface area (Å²) in [5.74, 6) is -0.218. The molecule has 8 heteroatoms. The normalized spacial score (nSPS) is 10.8. The maximum Gasteiger partial charge on any atom is 0.263 e. The summed E-state index contributed by atoms with van der Waals surface area (Å²) in [4.78, 5) is 29.5. The van der Waals surface area contributed by atoms with Crippen LogP contribution in [0.4, 0.5) is 4.39 Å². The van der Waals surface area contributed by atoms with E-state index in [-0.39, 0.29) is 36.3 Å². The minimum Gasteiger partial charge on any atom is -0.350 e. The largest absolute Gasteiger partial charge is 0.350 e. The maximum absolute atomic E-state index is 13.0. The molecule has 0 unspecified atom stereocenters. The van der Waals surface area contributed by atoms with Gasteiger partial charge in [0.2, 0.25) is 11.7 Å². The zero-order chi connectivity index (χ0) is 21.8. The number of aromatic nitrogens is 3. The SMILES string of the molecule is Cc1ccccc1-c1noc(-c2cccn(CC(=O)NCc3ccc(F)cc3)c2=O)n1. The fraction of sp³-hybridized carbons (Fsp3) is 0.130. The van der Waals surface area contributed by atoms with Crippen molar-refractivity contribution in [3.05, 3.63) is 94.2 Å². The van der Waals surface area contributed by atoms with E-state index in [9.17, 15) is 14.0 Å². The molecule has 156 valence electrons. The van der Waals surface area contributed by atoms with E-state index in [1.807, 2.05) is 31.2 Å². The van der Waals surface area contributed by atoms with Crippen LogP contribution in [-0.4, -0.2) is 20.6 Å². The Kier molecular flexibility index (Phi) is 5.70. The second-order valence-corrected chi connectivity index (χ2v) is 7.00. The van der Waals surface area contributed by atoms with Gasteiger partial charge in [-0.1, -0.05) is 41.6 Å². The monoisotopic (exact) mass is 418 g/mol. The van der Waals surface area contributed by atoms with Crippen LogP contribution in [0.5, 0.6) is 0 Å². The predicted molar refractivity (Wildman–Crippen MR) is 112 cm³/mol. The Balaban J connectivity index is 1.50. The lowest BCUT2D eigenvalue weighted by atomic mass is 10.1. The average molecular weight is 418 g/mol. The highest BCUT2D eigenvalue weighted by molar-refractivity contribution is 5.75. The van der Waals surface area contributed by atoms with Crippen molar-refractivity contribution >= 4 is 5.91 Å². The van der Waals surface area contributed by atoms with Crippen molar-refractivity contribution in [2.75, 3.05) is 0 Å². The van der Waals surface area contributed by atoms with E-state index in [4.69, 9.17) is 4.52 Å². The standard InChI is InChI=1S/C23H19FN4O3/c1-15-5-2-3-6-18(15)21-26-22(31-27-21)19-7-4-12-28(23(19)30)14-20(29)25-13-16-8-10-17(24)11-9-16/h2-12H,13-14H2,1H3,(H,25,29). The van der Waals surface area contributed by atoms with Crippen LogP contribution in [0, 0.1) is 12.7 Å². The van der Waals surface area contributed by atoms with E-state index < -0.39 is 5.56 Å². The summed E-state index contributed by atoms with van der Waals surface area (Å²) in [6.45, 7) is 2.00. The molecule has 0 bridgehead atoms. The zero-order valence-electron chi connectivity index (χ0n) is 16.7. The first-order valence-corrected chi connectivity index (χ1v) is 9.62. The topological polar surface area (TPSA) is 90.0 Å². The highest BCUT2D eigenvalue weighted by Gasteiger charge is 2.16. The van der Waals surface area contributed by atoms with Gasteiger partial charge in [0.25, 0.3) is 11.4 Å². The molecule has 0 fully saturated rings. The van der Waals surface area contributed by atoms with E-state index in [0.717, 1.165) is 16.7 Å². The Morgan fingerprint density at radius 3 is 2.58 bits per heavy atom. The first-order valence-electron chi connectivity index (χ1n) is 9.62. The Morgan fingerprint density at radius 1 is 1.06 bits per heavy atom. The third-order valence-corrected chi connectivity index (χ3v) is 4.78. The van der Waals surface area contributed by atoms with Gasteiger partial charge in [0.15, 0.2) is 0 Å². The molecule has 0 radical (unpaired) electrons. The quantitative estimate of drug-likeness (QED) is 0.519. The van der Waals surface area contributed by atoms with E-state index in [0.29, 0.717) is 5.82 Å². The second kappa shape index (κ2) is 8.74. The minimum absolute atomic E-state index is 0.0873. The molecule has 4 rings (SSSR count). The number of amides is 1. The first-order chi connectivity index (χ1) is 15.0. The van der Waals surface area contributed by atoms with Gasteiger partial charge in [0, 0.05) is 18.3 Å². The molecule has 4 aromatic rings. The van der Waals surface area contributed by atoms with Crippen LogP contribution in [0.15, 0.2) is 76.2 Å². The molecule has 2 aromatic carbocycles. The maximum atomic E-state index is 13.0. The predicted octanol–water partition coefficient (Wildman–Crippen LogP) is 3.33. The number of aryl methyl sites for hydroxylation is 1. The van der Waals surface area contributed by atoms with Crippen molar-refractivity contribution in [3.8, 4) is 22.8 Å². The van der Waals surface area contributed by atoms with Gasteiger partial charge >= 0.3 is 0 Å². The third kappa shape index (κ3) is 4.58. The van der Waals surface area contributed by atoms with Gasteiger partial charge in [-0.2, -0.15) is 4.98 Å². The molecule has 7 nitrogen and oxygen atoms in total. The lowest BCUT2D eigenvalue weighted by molar-refractivity contribution is -0.121. The molecule has 0 saturated heterocycles. The molecule has 0 aliphatic heterocycles. The summed E-state index contributed by atoms with van der Waals surface area (Å²) >= 11 is 0. The molecular formula is C23H19FN4O3. The van der Waals surface area contributed by atoms with E-state index >= 15 is 0 Å². The van der Waals surface area contributed by atoms with E-state index in [1.54, 1.807) is 24.3 Å². The summed E-state index contributed by atoms with van der Waals surface area (Å²) in [5.41, 5.74) is 2.35. The molecule has 2 heterocycles. The Bertz CT molecular complexity index is 1280. The van der Waals surface area contributed by atoms with Gasteiger partial charge in [-0.05, 0) is 42.3 Å². The fourth-order valence-electron chi connectivity index (χ4n) is 3.10. The number of hydrogen-bond donors (Lipinski definition) is 1. The molecule has 0 aliphatic rings. The smallest absolute Gasteiger partial charge is 0.263 e. The van der Waals surface area contributed by atoms with Crippen LogP contribution < -0.4 is 10.9 Å². The van der Waals surface area contributed by atoms with E-state index in [1.165, 1.54) is 22.9 Å². The van der Waals surface area contributed by atoms with Crippen molar-refractivity contribution in [3.63, 3.8) is 0 Å². The Hall–Kier alpha value is -4.07. The number of nitrogens with one attached hydrogen (secondary N) is 1. The van der Waals surface area contributed by atoms with Crippen molar-refractivity contribution in [1.82, 2.24) is 20.0 Å². The number of carbonyl (C=O) groups excluding carboxylic acids is 1. The van der Waals surface area contributed by atoms with Gasteiger partial charge in [-0.25, -0.2) is 4.39 Å². The highest BCUT2D eigenvalue weighted by Crippen LogP contribution is 2.22. The number of benzene rings is 2. The number of hydrogen-bond acceptors (Lipinski definition) is 5. The van der Waals surface area contributed by atoms with Crippen molar-refractivity contribution in [2.45, 2.75) is 20.0 Å². The Labute approximate surface area is 177 Å². The lowest BCUT2D eigenvalue weighted by Gasteiger charge is -2.08. The van der Waals surface area contributed by atoms with Crippen LogP contribution >= 0.6 is 0 Å². The first kappa shape index (κ1) is 20.2. The van der Waals surface area contributed by atoms with Gasteiger partial charge in [0.05, 0.1) is 0 Å². The molecule has 2 aromatic heterocycles. The Morgan fingerprint density at radius 2 is 1.81 bits per heavy atom. The van der Waals surface area contributed by atoms with Gasteiger partial charge < -0.3 is 14.4 Å². The third-order valence-electron chi connectivity index (χ3n) is 4.78. The molecule has 31 heavy (non-hydrogen) atoms. The summed E-state index contributed by atoms with van der Waals surface area (Å²) < 4.78 is 19.6. The molecular weight excluding hydrogens is 399 g/mol. The number of rotatable bonds is 6. The van der Waals surface area contributed by atoms with Crippen LogP contribution in [0.25, 0.3) is 22.8 Å². The zero-order valence-corrected chi connectivity index (χ0v) is 16.7. The molecule has 1 amide bonds. The summed E-state index contributed by atoms with van der Waals surface area (Å²) in [6.07, 6.45) is 1.52. The van der Waals surface area contributed by atoms with Crippen LogP contribution in [0.3, 0.4) is 0 Å². The van der Waals surface area contributed by atoms with Crippen LogP contribution in [0.2, 0.25) is 0 Å².